The summed E-state index contributed by atoms with van der Waals surface area (Å²) in [4.78, 5) is 266. The number of aromatic amines is 1. The predicted octanol–water partition coefficient (Wildman–Crippen LogP) is -12.9. The van der Waals surface area contributed by atoms with Crippen molar-refractivity contribution in [2.75, 3.05) is 72.0 Å². The number of carboxylic acids is 1. The smallest absolute Gasteiger partial charge is 0.326 e. The summed E-state index contributed by atoms with van der Waals surface area (Å²) in [6.45, 7) is 4.35. The molecule has 143 heavy (non-hydrogen) atoms. The standard InChI is InChI=1S/C85H147N37O21/c1-43(108-62(125)39-88)66(128)106-41-63(126)109-44(2)67(129)107-42-64(127)110-45(3)69(131)121-65(47(5)123)79(141)122-37-17-27-60(122)78(140)119-58(28-29-61(89)124)77(139)115-53(22-12-32-100-81(90)91)70(132)111-46(4)68(130)112-54(23-13-33-101-82(92)93)73(135)116-56(25-15-35-103-84(96)97)75(137)117-55(24-14-34-102-83(94)95)74(136)114-51(20-8-10-30-86)71(133)113-52(21-9-11-31-87)72(134)118-57(26-16-36-104-85(98)99)76(138)120-59(80(142)143)38-48-40-105-50-19-7-6-18-49(48)50/h6-7,18-19,40,43-47,51-60,65,105,123H,8-17,20-39,41-42,86-88H2,1-5H3,(H2,89,124)(H,106,128)(H,107,129)(H,108,125)(H,109,126)(H,110,127)(H,111,132)(H,112,130)(H,113,133)(H,114,136)(H,115,139)(H,116,135)(H,117,137)(H,118,134)(H,119,140)(H,120,138)(H,121,131)(H,142,143)(H4,90,91,100)(H4,92,93,101)(H4,94,95,102)(H4,96,97,103)(H4,98,99,104)/t43-,44-,45-,46-,47+,51-,52-,53-,54-,55-,56-,57-,58-,59-,60-,65-/m0/s1. The Labute approximate surface area is 825 Å². The van der Waals surface area contributed by atoms with Crippen LogP contribution in [-0.2, 0) is 97.5 Å². The number of nitrogens with one attached hydrogen (secondary N) is 27. The molecule has 0 saturated carbocycles. The molecule has 0 aliphatic carbocycles. The van der Waals surface area contributed by atoms with E-state index in [1.165, 1.54) is 27.7 Å². The molecule has 1 saturated heterocycles. The number of aliphatic carboxylic acids is 1. The highest BCUT2D eigenvalue weighted by atomic mass is 16.4. The lowest BCUT2D eigenvalue weighted by Crippen LogP contribution is -2.61. The fourth-order valence-corrected chi connectivity index (χ4v) is 14.5. The van der Waals surface area contributed by atoms with Gasteiger partial charge in [0.05, 0.1) is 25.7 Å². The number of likely N-dealkylation sites (tertiary alicyclic amines) is 1. The minimum Gasteiger partial charge on any atom is -0.480 e. The number of amides is 18. The number of fused-ring (bicyclic) bond motifs is 1. The largest absolute Gasteiger partial charge is 0.480 e. The number of aromatic nitrogens is 1. The second kappa shape index (κ2) is 65.0. The van der Waals surface area contributed by atoms with Crippen LogP contribution < -0.4 is 163 Å². The molecule has 1 fully saturated rings. The fraction of sp³-hybridized carbons (Fsp3) is 0.624. The SMILES string of the molecule is C[C@H](NC(=O)CN)C(=O)NCC(=O)N[C@@H](C)C(=O)NCC(=O)N[C@@H](C)C(=O)N[C@H](C(=O)N1CCC[C@H]1C(=O)N[C@@H](CCC(N)=O)C(=O)N[C@@H](CCCNC(=N)N)C(=O)N[C@@H](C)C(=O)N[C@@H](CCCNC(=N)N)C(=O)N[C@@H](CCCNC(=N)N)C(=O)N[C@@H](CCCNC(=N)N)C(=O)N[C@@H](CCCCN)C(=O)N[C@@H](CCCCN)C(=O)N[C@@H](CCCNC(=N)N)C(=O)N[C@@H](Cc1c[nH]c2ccccc12)C(=O)O)[C@@H](C)O. The number of carbonyl (C=O) groups is 19. The quantitative estimate of drug-likeness (QED) is 0.0166. The van der Waals surface area contributed by atoms with Crippen molar-refractivity contribution in [1.82, 2.24) is 122 Å². The van der Waals surface area contributed by atoms with Crippen molar-refractivity contribution in [1.29, 1.82) is 27.0 Å². The number of para-hydroxylation sites is 1. The number of aliphatic hydroxyl groups excluding tert-OH is 1. The number of primary amides is 1. The second-order valence-electron chi connectivity index (χ2n) is 34.1. The number of aliphatic hydroxyl groups is 1. The van der Waals surface area contributed by atoms with E-state index in [1.54, 1.807) is 30.5 Å². The van der Waals surface area contributed by atoms with Crippen LogP contribution in [0.25, 0.3) is 10.9 Å². The fourth-order valence-electron chi connectivity index (χ4n) is 14.5. The lowest BCUT2D eigenvalue weighted by atomic mass is 10.0. The van der Waals surface area contributed by atoms with Crippen LogP contribution in [0.1, 0.15) is 169 Å². The van der Waals surface area contributed by atoms with E-state index >= 15 is 4.79 Å². The average Bonchev–Trinajstić information content (AvgIpc) is 1.70. The van der Waals surface area contributed by atoms with Crippen LogP contribution in [0.5, 0.6) is 0 Å². The van der Waals surface area contributed by atoms with Gasteiger partial charge in [0, 0.05) is 69.2 Å². The molecule has 47 N–H and O–H groups in total. The van der Waals surface area contributed by atoms with Crippen LogP contribution in [0, 0.1) is 27.0 Å². The van der Waals surface area contributed by atoms with E-state index in [-0.39, 0.29) is 168 Å². The lowest BCUT2D eigenvalue weighted by Gasteiger charge is -2.31. The van der Waals surface area contributed by atoms with E-state index in [2.05, 4.69) is 117 Å². The summed E-state index contributed by atoms with van der Waals surface area (Å²) in [5.41, 5.74) is 51.6. The summed E-state index contributed by atoms with van der Waals surface area (Å²) in [6.07, 6.45) is -1.55. The molecule has 0 spiro atoms. The third-order valence-corrected chi connectivity index (χ3v) is 22.3. The number of unbranched alkanes of at least 4 members (excludes halogenated alkanes) is 2. The molecule has 0 unspecified atom stereocenters. The van der Waals surface area contributed by atoms with E-state index in [0.717, 1.165) is 11.8 Å². The van der Waals surface area contributed by atoms with Gasteiger partial charge in [-0.2, -0.15) is 0 Å². The number of carboxylic acid groups (broad SMARTS) is 1. The molecular formula is C85H147N37O21. The van der Waals surface area contributed by atoms with Gasteiger partial charge in [-0.15, -0.1) is 0 Å². The molecule has 1 aliphatic rings. The highest BCUT2D eigenvalue weighted by molar-refractivity contribution is 6.02. The summed E-state index contributed by atoms with van der Waals surface area (Å²) in [5.74, 6) is -20.7. The Hall–Kier alpha value is -15.1. The van der Waals surface area contributed by atoms with Gasteiger partial charge in [-0.3, -0.25) is 113 Å². The van der Waals surface area contributed by atoms with Crippen LogP contribution >= 0.6 is 0 Å². The molecule has 1 aliphatic heterocycles. The Morgan fingerprint density at radius 2 is 0.706 bits per heavy atom. The number of H-pyrrole nitrogens is 1. The maximum Gasteiger partial charge on any atom is 0.326 e. The van der Waals surface area contributed by atoms with Gasteiger partial charge in [-0.25, -0.2) is 4.79 Å². The molecule has 1 aromatic carbocycles. The van der Waals surface area contributed by atoms with Crippen molar-refractivity contribution >= 4 is 153 Å². The van der Waals surface area contributed by atoms with Crippen molar-refractivity contribution in [3.63, 3.8) is 0 Å². The molecule has 798 valence electrons. The summed E-state index contributed by atoms with van der Waals surface area (Å²) in [5, 5.41) is 113. The van der Waals surface area contributed by atoms with E-state index in [1.807, 2.05) is 0 Å². The average molecular weight is 2020 g/mol. The summed E-state index contributed by atoms with van der Waals surface area (Å²) >= 11 is 0. The van der Waals surface area contributed by atoms with Crippen LogP contribution in [0.3, 0.4) is 0 Å². The summed E-state index contributed by atoms with van der Waals surface area (Å²) in [6, 6.07) is -15.6. The first-order valence-corrected chi connectivity index (χ1v) is 46.9. The number of benzene rings is 1. The third kappa shape index (κ3) is 47.1. The van der Waals surface area contributed by atoms with Crippen molar-refractivity contribution in [2.45, 2.75) is 266 Å². The molecule has 1 aromatic heterocycles. The topological polar surface area (TPSA) is 990 Å². The molecular weight excluding hydrogens is 1880 g/mol. The Morgan fingerprint density at radius 1 is 0.385 bits per heavy atom. The van der Waals surface area contributed by atoms with E-state index in [9.17, 15) is 96.5 Å². The van der Waals surface area contributed by atoms with Gasteiger partial charge in [0.25, 0.3) is 0 Å². The number of nitrogens with two attached hydrogens (primary N) is 9. The lowest BCUT2D eigenvalue weighted by molar-refractivity contribution is -0.144. The number of guanidine groups is 5. The maximum absolute atomic E-state index is 15.0. The van der Waals surface area contributed by atoms with Crippen molar-refractivity contribution < 1.29 is 101 Å². The van der Waals surface area contributed by atoms with Gasteiger partial charge in [-0.1, -0.05) is 18.2 Å². The van der Waals surface area contributed by atoms with Crippen molar-refractivity contribution in [3.05, 3.63) is 36.0 Å². The first-order chi connectivity index (χ1) is 67.6. The highest BCUT2D eigenvalue weighted by Gasteiger charge is 2.43. The van der Waals surface area contributed by atoms with Gasteiger partial charge in [0.1, 0.15) is 90.6 Å². The first-order valence-electron chi connectivity index (χ1n) is 46.9. The maximum atomic E-state index is 15.0. The van der Waals surface area contributed by atoms with Gasteiger partial charge in [0.15, 0.2) is 29.8 Å². The summed E-state index contributed by atoms with van der Waals surface area (Å²) < 4.78 is 0. The Balaban J connectivity index is 1.96. The van der Waals surface area contributed by atoms with E-state index in [4.69, 9.17) is 78.6 Å². The zero-order chi connectivity index (χ0) is 107. The minimum atomic E-state index is -1.78. The minimum absolute atomic E-state index is 0.00307. The van der Waals surface area contributed by atoms with E-state index < -0.39 is 265 Å². The molecule has 0 bridgehead atoms. The van der Waals surface area contributed by atoms with Gasteiger partial charge >= 0.3 is 5.97 Å². The number of hydrogen-bond donors (Lipinski definition) is 38. The number of rotatable bonds is 68. The molecule has 2 heterocycles. The Morgan fingerprint density at radius 3 is 1.06 bits per heavy atom. The van der Waals surface area contributed by atoms with Crippen molar-refractivity contribution in [3.8, 4) is 0 Å². The van der Waals surface area contributed by atoms with Crippen LogP contribution in [-0.4, -0.2) is 331 Å². The molecule has 58 nitrogen and oxygen atoms in total. The molecule has 0 radical (unpaired) electrons. The highest BCUT2D eigenvalue weighted by Crippen LogP contribution is 2.23. The molecule has 58 heteroatoms. The van der Waals surface area contributed by atoms with Gasteiger partial charge in [-0.05, 0) is 181 Å². The normalized spacial score (nSPS) is 15.1. The Kier molecular flexibility index (Phi) is 55.5. The zero-order valence-corrected chi connectivity index (χ0v) is 81.0. The van der Waals surface area contributed by atoms with Crippen molar-refractivity contribution in [2.24, 2.45) is 51.6 Å². The first kappa shape index (κ1) is 122. The third-order valence-electron chi connectivity index (χ3n) is 22.3. The Bertz CT molecular complexity index is 4690. The summed E-state index contributed by atoms with van der Waals surface area (Å²) in [7, 11) is 0. The monoisotopic (exact) mass is 2020 g/mol. The van der Waals surface area contributed by atoms with E-state index in [0.29, 0.717) is 29.3 Å². The van der Waals surface area contributed by atoms with Gasteiger partial charge < -0.3 is 183 Å². The molecule has 18 amide bonds. The van der Waals surface area contributed by atoms with Crippen LogP contribution in [0.4, 0.5) is 0 Å². The molecule has 16 atom stereocenters. The molecule has 3 rings (SSSR count). The number of hydrogen-bond acceptors (Lipinski definition) is 28. The zero-order valence-electron chi connectivity index (χ0n) is 81.0. The molecule has 2 aromatic rings. The predicted molar refractivity (Wildman–Crippen MR) is 521 cm³/mol. The second-order valence-corrected chi connectivity index (χ2v) is 34.1. The number of nitrogens with zero attached hydrogens (tertiary/aromatic N) is 1. The van der Waals surface area contributed by atoms with Crippen LogP contribution in [0.2, 0.25) is 0 Å². The van der Waals surface area contributed by atoms with Crippen LogP contribution in [0.15, 0.2) is 30.5 Å². The number of carbonyl (C=O) groups excluding carboxylic acids is 18. The van der Waals surface area contributed by atoms with Gasteiger partial charge in [0.2, 0.25) is 106 Å².